The molecule has 0 bridgehead atoms. The van der Waals surface area contributed by atoms with Crippen molar-refractivity contribution in [2.24, 2.45) is 0 Å². The quantitative estimate of drug-likeness (QED) is 0.407. The number of likely N-dealkylation sites (tertiary alicyclic amines) is 1. The van der Waals surface area contributed by atoms with Crippen LogP contribution in [0, 0.1) is 0 Å². The Hall–Kier alpha value is -1.61. The van der Waals surface area contributed by atoms with E-state index >= 15 is 0 Å². The summed E-state index contributed by atoms with van der Waals surface area (Å²) in [6.07, 6.45) is 1.41. The van der Waals surface area contributed by atoms with Gasteiger partial charge in [-0.2, -0.15) is 8.42 Å². The first-order valence-electron chi connectivity index (χ1n) is 6.29. The molecule has 0 aliphatic carbocycles. The molecule has 0 saturated carbocycles. The molecule has 0 aromatic heterocycles. The standard InChI is InChI=1S/C12H19NO7S/c1-4-7-19-12(15)13-8-9(20-21(3,16)17)5-6-10(13)11(14)18-2/h4,9-10H,1,5-8H2,2-3H3/t9-,10+/m1/s1. The predicted molar refractivity (Wildman–Crippen MR) is 73.0 cm³/mol. The lowest BCUT2D eigenvalue weighted by Gasteiger charge is -2.36. The van der Waals surface area contributed by atoms with Gasteiger partial charge in [-0.05, 0) is 12.8 Å². The molecule has 120 valence electrons. The number of piperidine rings is 1. The van der Waals surface area contributed by atoms with Crippen LogP contribution in [-0.2, 0) is 28.6 Å². The third-order valence-corrected chi connectivity index (χ3v) is 3.50. The number of hydrogen-bond donors (Lipinski definition) is 0. The zero-order chi connectivity index (χ0) is 16.0. The molecular formula is C12H19NO7S. The molecule has 1 aliphatic heterocycles. The fraction of sp³-hybridized carbons (Fsp3) is 0.667. The summed E-state index contributed by atoms with van der Waals surface area (Å²) in [5.41, 5.74) is 0. The summed E-state index contributed by atoms with van der Waals surface area (Å²) in [5, 5.41) is 0. The highest BCUT2D eigenvalue weighted by atomic mass is 32.2. The first-order chi connectivity index (χ1) is 9.78. The third-order valence-electron chi connectivity index (χ3n) is 2.88. The maximum Gasteiger partial charge on any atom is 0.410 e. The van der Waals surface area contributed by atoms with Crippen LogP contribution >= 0.6 is 0 Å². The van der Waals surface area contributed by atoms with Gasteiger partial charge < -0.3 is 9.47 Å². The maximum absolute atomic E-state index is 11.9. The van der Waals surface area contributed by atoms with E-state index in [0.717, 1.165) is 11.2 Å². The molecule has 1 heterocycles. The Morgan fingerprint density at radius 3 is 2.57 bits per heavy atom. The molecule has 0 aromatic carbocycles. The Balaban J connectivity index is 2.83. The Morgan fingerprint density at radius 1 is 1.38 bits per heavy atom. The molecule has 0 N–H and O–H groups in total. The smallest absolute Gasteiger partial charge is 0.410 e. The van der Waals surface area contributed by atoms with Crippen molar-refractivity contribution in [3.63, 3.8) is 0 Å². The van der Waals surface area contributed by atoms with Crippen LogP contribution in [0.4, 0.5) is 4.79 Å². The highest BCUT2D eigenvalue weighted by molar-refractivity contribution is 7.86. The molecule has 0 radical (unpaired) electrons. The highest BCUT2D eigenvalue weighted by Gasteiger charge is 2.38. The minimum Gasteiger partial charge on any atom is -0.467 e. The van der Waals surface area contributed by atoms with E-state index in [4.69, 9.17) is 8.92 Å². The van der Waals surface area contributed by atoms with Gasteiger partial charge in [0.05, 0.1) is 26.0 Å². The lowest BCUT2D eigenvalue weighted by molar-refractivity contribution is -0.148. The van der Waals surface area contributed by atoms with E-state index in [2.05, 4.69) is 11.3 Å². The molecule has 0 unspecified atom stereocenters. The number of esters is 1. The molecule has 0 spiro atoms. The largest absolute Gasteiger partial charge is 0.467 e. The maximum atomic E-state index is 11.9. The Kier molecular flexibility index (Phi) is 6.16. The number of carbonyl (C=O) groups is 2. The third kappa shape index (κ3) is 5.35. The highest BCUT2D eigenvalue weighted by Crippen LogP contribution is 2.22. The minimum absolute atomic E-state index is 0.0131. The lowest BCUT2D eigenvalue weighted by atomic mass is 10.0. The van der Waals surface area contributed by atoms with Gasteiger partial charge in [0.1, 0.15) is 12.6 Å². The van der Waals surface area contributed by atoms with Gasteiger partial charge in [0.25, 0.3) is 10.1 Å². The van der Waals surface area contributed by atoms with Gasteiger partial charge in [0.15, 0.2) is 0 Å². The molecule has 1 fully saturated rings. The summed E-state index contributed by atoms with van der Waals surface area (Å²) in [6, 6.07) is -0.813. The summed E-state index contributed by atoms with van der Waals surface area (Å²) in [6.45, 7) is 3.34. The topological polar surface area (TPSA) is 99.2 Å². The van der Waals surface area contributed by atoms with Crippen LogP contribution < -0.4 is 0 Å². The van der Waals surface area contributed by atoms with Crippen molar-refractivity contribution < 1.29 is 31.7 Å². The van der Waals surface area contributed by atoms with Crippen molar-refractivity contribution in [2.45, 2.75) is 25.0 Å². The fourth-order valence-electron chi connectivity index (χ4n) is 2.06. The van der Waals surface area contributed by atoms with Gasteiger partial charge in [-0.15, -0.1) is 0 Å². The second kappa shape index (κ2) is 7.41. The molecule has 8 nitrogen and oxygen atoms in total. The molecule has 1 rings (SSSR count). The second-order valence-electron chi connectivity index (χ2n) is 4.56. The van der Waals surface area contributed by atoms with Crippen LogP contribution in [0.2, 0.25) is 0 Å². The normalized spacial score (nSPS) is 22.5. The number of carbonyl (C=O) groups excluding carboxylic acids is 2. The van der Waals surface area contributed by atoms with E-state index in [1.807, 2.05) is 0 Å². The first kappa shape index (κ1) is 17.4. The van der Waals surface area contributed by atoms with Crippen LogP contribution in [0.25, 0.3) is 0 Å². The zero-order valence-corrected chi connectivity index (χ0v) is 12.8. The molecule has 9 heteroatoms. The number of rotatable bonds is 5. The minimum atomic E-state index is -3.64. The predicted octanol–water partition coefficient (Wildman–Crippen LogP) is 0.291. The SMILES string of the molecule is C=CCOC(=O)N1C[C@H](OS(C)(=O)=O)CC[C@H]1C(=O)OC. The van der Waals surface area contributed by atoms with Crippen molar-refractivity contribution in [1.29, 1.82) is 0 Å². The van der Waals surface area contributed by atoms with E-state index in [1.165, 1.54) is 13.2 Å². The summed E-state index contributed by atoms with van der Waals surface area (Å²) >= 11 is 0. The van der Waals surface area contributed by atoms with E-state index < -0.39 is 34.3 Å². The molecule has 1 amide bonds. The molecular weight excluding hydrogens is 302 g/mol. The van der Waals surface area contributed by atoms with E-state index in [1.54, 1.807) is 0 Å². The van der Waals surface area contributed by atoms with Crippen molar-refractivity contribution in [2.75, 3.05) is 26.5 Å². The monoisotopic (exact) mass is 321 g/mol. The fourth-order valence-corrected chi connectivity index (χ4v) is 2.71. The van der Waals surface area contributed by atoms with Crippen molar-refractivity contribution in [3.8, 4) is 0 Å². The Labute approximate surface area is 123 Å². The van der Waals surface area contributed by atoms with E-state index in [-0.39, 0.29) is 19.6 Å². The molecule has 2 atom stereocenters. The summed E-state index contributed by atoms with van der Waals surface area (Å²) in [7, 11) is -2.43. The van der Waals surface area contributed by atoms with Crippen LogP contribution in [0.5, 0.6) is 0 Å². The van der Waals surface area contributed by atoms with Gasteiger partial charge in [-0.25, -0.2) is 9.59 Å². The Bertz CT molecular complexity index is 502. The Morgan fingerprint density at radius 2 is 2.05 bits per heavy atom. The van der Waals surface area contributed by atoms with Crippen molar-refractivity contribution >= 4 is 22.2 Å². The second-order valence-corrected chi connectivity index (χ2v) is 6.16. The van der Waals surface area contributed by atoms with Gasteiger partial charge in [-0.3, -0.25) is 9.08 Å². The number of ether oxygens (including phenoxy) is 2. The van der Waals surface area contributed by atoms with Crippen molar-refractivity contribution in [3.05, 3.63) is 12.7 Å². The molecule has 0 aromatic rings. The average Bonchev–Trinajstić information content (AvgIpc) is 2.42. The lowest BCUT2D eigenvalue weighted by Crippen LogP contribution is -2.53. The van der Waals surface area contributed by atoms with Crippen molar-refractivity contribution in [1.82, 2.24) is 4.90 Å². The summed E-state index contributed by atoms with van der Waals surface area (Å²) in [5.74, 6) is -0.580. The average molecular weight is 321 g/mol. The molecule has 21 heavy (non-hydrogen) atoms. The summed E-state index contributed by atoms with van der Waals surface area (Å²) < 4.78 is 36.7. The zero-order valence-electron chi connectivity index (χ0n) is 12.0. The van der Waals surface area contributed by atoms with Crippen LogP contribution in [0.15, 0.2) is 12.7 Å². The van der Waals surface area contributed by atoms with Crippen LogP contribution in [-0.4, -0.2) is 64.0 Å². The number of methoxy groups -OCH3 is 1. The number of nitrogens with zero attached hydrogens (tertiary/aromatic N) is 1. The van der Waals surface area contributed by atoms with E-state index in [9.17, 15) is 18.0 Å². The first-order valence-corrected chi connectivity index (χ1v) is 8.10. The molecule has 1 saturated heterocycles. The number of hydrogen-bond acceptors (Lipinski definition) is 7. The van der Waals surface area contributed by atoms with Crippen LogP contribution in [0.1, 0.15) is 12.8 Å². The van der Waals surface area contributed by atoms with Gasteiger partial charge in [0.2, 0.25) is 0 Å². The van der Waals surface area contributed by atoms with Gasteiger partial charge in [0, 0.05) is 0 Å². The van der Waals surface area contributed by atoms with Gasteiger partial charge in [-0.1, -0.05) is 12.7 Å². The van der Waals surface area contributed by atoms with Gasteiger partial charge >= 0.3 is 12.1 Å². The van der Waals surface area contributed by atoms with Crippen LogP contribution in [0.3, 0.4) is 0 Å². The number of amides is 1. The molecule has 1 aliphatic rings. The van der Waals surface area contributed by atoms with E-state index in [0.29, 0.717) is 6.42 Å². The summed E-state index contributed by atoms with van der Waals surface area (Å²) in [4.78, 5) is 24.8.